The van der Waals surface area contributed by atoms with Crippen molar-refractivity contribution in [1.29, 1.82) is 0 Å². The molecule has 0 aliphatic carbocycles. The van der Waals surface area contributed by atoms with Crippen LogP contribution < -0.4 is 9.47 Å². The molecule has 2 N–H and O–H groups in total. The lowest BCUT2D eigenvalue weighted by Gasteiger charge is -2.08. The van der Waals surface area contributed by atoms with Crippen molar-refractivity contribution in [2.75, 3.05) is 0 Å². The topological polar surface area (TPSA) is 93.1 Å². The predicted molar refractivity (Wildman–Crippen MR) is 68.2 cm³/mol. The van der Waals surface area contributed by atoms with E-state index in [2.05, 4.69) is 0 Å². The molecule has 0 unspecified atom stereocenters. The summed E-state index contributed by atoms with van der Waals surface area (Å²) in [5.74, 6) is -1.51. The molecule has 0 spiro atoms. The van der Waals surface area contributed by atoms with Gasteiger partial charge in [0.25, 0.3) is 0 Å². The molecule has 0 aliphatic heterocycles. The Labute approximate surface area is 113 Å². The maximum Gasteiger partial charge on any atom is 0.519 e. The van der Waals surface area contributed by atoms with E-state index in [4.69, 9.17) is 14.6 Å². The van der Waals surface area contributed by atoms with Gasteiger partial charge in [-0.15, -0.1) is 0 Å². The van der Waals surface area contributed by atoms with Crippen LogP contribution in [0.4, 0.5) is 4.79 Å². The van der Waals surface area contributed by atoms with E-state index in [1.807, 2.05) is 0 Å². The molecule has 6 heteroatoms. The van der Waals surface area contributed by atoms with Crippen molar-refractivity contribution in [2.24, 2.45) is 0 Å². The molecule has 6 nitrogen and oxygen atoms in total. The largest absolute Gasteiger partial charge is 0.519 e. The van der Waals surface area contributed by atoms with Gasteiger partial charge in [0.15, 0.2) is 0 Å². The minimum atomic E-state index is -1.33. The molecular formula is C14H10O6. The van der Waals surface area contributed by atoms with Crippen molar-refractivity contribution in [1.82, 2.24) is 0 Å². The van der Waals surface area contributed by atoms with Crippen LogP contribution in [0.2, 0.25) is 0 Å². The highest BCUT2D eigenvalue weighted by Gasteiger charge is 2.16. The molecule has 20 heavy (non-hydrogen) atoms. The SMILES string of the molecule is O=C(Oc1ccccc1)Oc1ccc(O)cc1C(=O)O. The minimum absolute atomic E-state index is 0.212. The smallest absolute Gasteiger partial charge is 0.508 e. The van der Waals surface area contributed by atoms with Crippen molar-refractivity contribution in [3.05, 3.63) is 54.1 Å². The number of carboxylic acid groups (broad SMARTS) is 1. The van der Waals surface area contributed by atoms with Crippen molar-refractivity contribution in [3.8, 4) is 17.2 Å². The monoisotopic (exact) mass is 274 g/mol. The van der Waals surface area contributed by atoms with Gasteiger partial charge in [0.05, 0.1) is 0 Å². The quantitative estimate of drug-likeness (QED) is 0.660. The van der Waals surface area contributed by atoms with Gasteiger partial charge in [-0.3, -0.25) is 0 Å². The third-order valence-corrected chi connectivity index (χ3v) is 2.33. The average Bonchev–Trinajstić information content (AvgIpc) is 2.41. The van der Waals surface area contributed by atoms with Gasteiger partial charge in [-0.2, -0.15) is 0 Å². The fourth-order valence-electron chi connectivity index (χ4n) is 1.47. The van der Waals surface area contributed by atoms with E-state index in [1.165, 1.54) is 12.1 Å². The minimum Gasteiger partial charge on any atom is -0.508 e. The highest BCUT2D eigenvalue weighted by atomic mass is 16.7. The number of para-hydroxylation sites is 1. The van der Waals surface area contributed by atoms with E-state index in [1.54, 1.807) is 30.3 Å². The fraction of sp³-hybridized carbons (Fsp3) is 0. The van der Waals surface area contributed by atoms with E-state index >= 15 is 0 Å². The third kappa shape index (κ3) is 3.26. The van der Waals surface area contributed by atoms with Gasteiger partial charge in [-0.05, 0) is 30.3 Å². The fourth-order valence-corrected chi connectivity index (χ4v) is 1.47. The van der Waals surface area contributed by atoms with Crippen LogP contribution in [0.5, 0.6) is 17.2 Å². The lowest BCUT2D eigenvalue weighted by Crippen LogP contribution is -2.15. The Morgan fingerprint density at radius 2 is 1.65 bits per heavy atom. The molecule has 0 atom stereocenters. The summed E-state index contributed by atoms with van der Waals surface area (Å²) < 4.78 is 9.68. The van der Waals surface area contributed by atoms with Crippen LogP contribution in [0.1, 0.15) is 10.4 Å². The molecule has 0 saturated heterocycles. The lowest BCUT2D eigenvalue weighted by atomic mass is 10.2. The molecule has 0 saturated carbocycles. The Morgan fingerprint density at radius 3 is 2.30 bits per heavy atom. The normalized spacial score (nSPS) is 9.80. The molecule has 2 aromatic rings. The molecule has 102 valence electrons. The van der Waals surface area contributed by atoms with Crippen LogP contribution in [0, 0.1) is 0 Å². The molecule has 0 fully saturated rings. The molecule has 0 heterocycles. The van der Waals surface area contributed by atoms with Crippen LogP contribution in [-0.4, -0.2) is 22.3 Å². The Morgan fingerprint density at radius 1 is 0.950 bits per heavy atom. The van der Waals surface area contributed by atoms with Gasteiger partial charge >= 0.3 is 12.1 Å². The number of hydrogen-bond donors (Lipinski definition) is 2. The predicted octanol–water partition coefficient (Wildman–Crippen LogP) is 2.67. The lowest BCUT2D eigenvalue weighted by molar-refractivity contribution is 0.0692. The Kier molecular flexibility index (Phi) is 3.85. The van der Waals surface area contributed by atoms with E-state index in [-0.39, 0.29) is 22.8 Å². The first-order valence-corrected chi connectivity index (χ1v) is 5.57. The zero-order valence-electron chi connectivity index (χ0n) is 10.1. The molecular weight excluding hydrogens is 264 g/mol. The number of carboxylic acids is 1. The van der Waals surface area contributed by atoms with Gasteiger partial charge in [-0.1, -0.05) is 18.2 Å². The van der Waals surface area contributed by atoms with E-state index in [0.29, 0.717) is 0 Å². The van der Waals surface area contributed by atoms with Crippen LogP contribution in [0.15, 0.2) is 48.5 Å². The number of hydrogen-bond acceptors (Lipinski definition) is 5. The second-order valence-corrected chi connectivity index (χ2v) is 3.75. The number of aromatic hydroxyl groups is 1. The number of phenols is 1. The highest BCUT2D eigenvalue weighted by molar-refractivity contribution is 5.92. The molecule has 0 radical (unpaired) electrons. The zero-order chi connectivity index (χ0) is 14.5. The van der Waals surface area contributed by atoms with E-state index in [9.17, 15) is 14.7 Å². The van der Waals surface area contributed by atoms with Crippen molar-refractivity contribution in [2.45, 2.75) is 0 Å². The molecule has 0 bridgehead atoms. The first-order valence-electron chi connectivity index (χ1n) is 5.57. The number of phenolic OH excluding ortho intramolecular Hbond substituents is 1. The number of carbonyl (C=O) groups is 2. The van der Waals surface area contributed by atoms with Gasteiger partial charge in [0, 0.05) is 0 Å². The number of benzene rings is 2. The van der Waals surface area contributed by atoms with Crippen LogP contribution >= 0.6 is 0 Å². The van der Waals surface area contributed by atoms with Crippen molar-refractivity contribution >= 4 is 12.1 Å². The number of ether oxygens (including phenoxy) is 2. The maximum absolute atomic E-state index is 11.5. The molecule has 2 aromatic carbocycles. The van der Waals surface area contributed by atoms with Crippen molar-refractivity contribution in [3.63, 3.8) is 0 Å². The number of aromatic carboxylic acids is 1. The Bertz CT molecular complexity index is 635. The summed E-state index contributed by atoms with van der Waals surface area (Å²) in [7, 11) is 0. The summed E-state index contributed by atoms with van der Waals surface area (Å²) in [6.07, 6.45) is -1.07. The summed E-state index contributed by atoms with van der Waals surface area (Å²) in [4.78, 5) is 22.5. The van der Waals surface area contributed by atoms with E-state index < -0.39 is 12.1 Å². The van der Waals surface area contributed by atoms with Gasteiger partial charge < -0.3 is 19.7 Å². The summed E-state index contributed by atoms with van der Waals surface area (Å²) in [6, 6.07) is 11.6. The summed E-state index contributed by atoms with van der Waals surface area (Å²) in [5.41, 5.74) is -0.338. The Hall–Kier alpha value is -3.02. The molecule has 0 aliphatic rings. The molecule has 0 amide bonds. The third-order valence-electron chi connectivity index (χ3n) is 2.33. The highest BCUT2D eigenvalue weighted by Crippen LogP contribution is 2.24. The van der Waals surface area contributed by atoms with E-state index in [0.717, 1.165) is 6.07 Å². The Balaban J connectivity index is 2.14. The summed E-state index contributed by atoms with van der Waals surface area (Å²) in [5, 5.41) is 18.2. The second kappa shape index (κ2) is 5.75. The molecule has 0 aromatic heterocycles. The van der Waals surface area contributed by atoms with Gasteiger partial charge in [-0.25, -0.2) is 9.59 Å². The number of rotatable bonds is 3. The van der Waals surface area contributed by atoms with Crippen LogP contribution in [-0.2, 0) is 0 Å². The second-order valence-electron chi connectivity index (χ2n) is 3.75. The number of carbonyl (C=O) groups excluding carboxylic acids is 1. The maximum atomic E-state index is 11.5. The zero-order valence-corrected chi connectivity index (χ0v) is 10.1. The first-order chi connectivity index (χ1) is 9.56. The van der Waals surface area contributed by atoms with Gasteiger partial charge in [0.1, 0.15) is 22.8 Å². The molecule has 2 rings (SSSR count). The average molecular weight is 274 g/mol. The van der Waals surface area contributed by atoms with Crippen molar-refractivity contribution < 1.29 is 29.3 Å². The first kappa shape index (κ1) is 13.4. The van der Waals surface area contributed by atoms with Gasteiger partial charge in [0.2, 0.25) is 0 Å². The standard InChI is InChI=1S/C14H10O6/c15-9-6-7-12(11(8-9)13(16)17)20-14(18)19-10-4-2-1-3-5-10/h1-8,15H,(H,16,17). The van der Waals surface area contributed by atoms with Crippen LogP contribution in [0.25, 0.3) is 0 Å². The summed E-state index contributed by atoms with van der Waals surface area (Å²) in [6.45, 7) is 0. The van der Waals surface area contributed by atoms with Crippen LogP contribution in [0.3, 0.4) is 0 Å². The summed E-state index contributed by atoms with van der Waals surface area (Å²) >= 11 is 0.